The Bertz CT molecular complexity index is 911. The van der Waals surface area contributed by atoms with Crippen LogP contribution in [-0.4, -0.2) is 67.6 Å². The van der Waals surface area contributed by atoms with Gasteiger partial charge in [0.05, 0.1) is 13.2 Å². The summed E-state index contributed by atoms with van der Waals surface area (Å²) in [6, 6.07) is 12.1. The van der Waals surface area contributed by atoms with Crippen molar-refractivity contribution in [1.29, 1.82) is 0 Å². The molecule has 3 rings (SSSR count). The lowest BCUT2D eigenvalue weighted by atomic mass is 10.1. The molecule has 172 valence electrons. The van der Waals surface area contributed by atoms with Gasteiger partial charge in [0, 0.05) is 36.8 Å². The molecule has 2 aromatic carbocycles. The van der Waals surface area contributed by atoms with Gasteiger partial charge in [-0.2, -0.15) is 0 Å². The summed E-state index contributed by atoms with van der Waals surface area (Å²) >= 11 is 5.86. The van der Waals surface area contributed by atoms with Crippen LogP contribution in [0.25, 0.3) is 0 Å². The van der Waals surface area contributed by atoms with Crippen molar-refractivity contribution in [3.63, 3.8) is 0 Å². The van der Waals surface area contributed by atoms with Gasteiger partial charge in [-0.25, -0.2) is 0 Å². The van der Waals surface area contributed by atoms with Crippen molar-refractivity contribution in [2.24, 2.45) is 0 Å². The number of halogens is 1. The third-order valence-electron chi connectivity index (χ3n) is 5.05. The minimum absolute atomic E-state index is 0.0491. The summed E-state index contributed by atoms with van der Waals surface area (Å²) in [5, 5.41) is 0.612. The van der Waals surface area contributed by atoms with Crippen LogP contribution in [0.5, 0.6) is 17.2 Å². The topological polar surface area (TPSA) is 68.3 Å². The van der Waals surface area contributed by atoms with E-state index in [1.54, 1.807) is 52.3 Å². The van der Waals surface area contributed by atoms with Gasteiger partial charge in [-0.05, 0) is 55.8 Å². The standard InChI is InChI=1S/C24H29ClN2O5/c1-3-15-31-21-10-5-18(16-22(21)30-4-2)24(29)27-13-11-26(12-14-27)23(28)17-32-20-8-6-19(25)7-9-20/h5-10,16H,3-4,11-15,17H2,1-2H3. The molecule has 1 aliphatic heterocycles. The number of nitrogens with zero attached hydrogens (tertiary/aromatic N) is 2. The molecule has 0 aliphatic carbocycles. The SMILES string of the molecule is CCCOc1ccc(C(=O)N2CCN(C(=O)COc3ccc(Cl)cc3)CC2)cc1OCC. The van der Waals surface area contributed by atoms with Crippen molar-refractivity contribution in [3.8, 4) is 17.2 Å². The summed E-state index contributed by atoms with van der Waals surface area (Å²) in [7, 11) is 0. The molecule has 0 radical (unpaired) electrons. The average Bonchev–Trinajstić information content (AvgIpc) is 2.82. The Hall–Kier alpha value is -2.93. The van der Waals surface area contributed by atoms with Crippen LogP contribution in [0, 0.1) is 0 Å². The largest absolute Gasteiger partial charge is 0.490 e. The van der Waals surface area contributed by atoms with Gasteiger partial charge in [-0.1, -0.05) is 18.5 Å². The summed E-state index contributed by atoms with van der Waals surface area (Å²) in [6.07, 6.45) is 0.889. The Morgan fingerprint density at radius 3 is 2.22 bits per heavy atom. The molecule has 0 unspecified atom stereocenters. The van der Waals surface area contributed by atoms with E-state index in [0.29, 0.717) is 67.2 Å². The monoisotopic (exact) mass is 460 g/mol. The third kappa shape index (κ3) is 6.29. The summed E-state index contributed by atoms with van der Waals surface area (Å²) in [4.78, 5) is 28.9. The maximum absolute atomic E-state index is 13.0. The average molecular weight is 461 g/mol. The van der Waals surface area contributed by atoms with Gasteiger partial charge in [0.1, 0.15) is 5.75 Å². The zero-order valence-corrected chi connectivity index (χ0v) is 19.3. The number of benzene rings is 2. The Morgan fingerprint density at radius 1 is 0.875 bits per heavy atom. The van der Waals surface area contributed by atoms with E-state index in [4.69, 9.17) is 25.8 Å². The minimum Gasteiger partial charge on any atom is -0.490 e. The number of piperazine rings is 1. The molecule has 8 heteroatoms. The second kappa shape index (κ2) is 11.6. The Kier molecular flexibility index (Phi) is 8.62. The summed E-state index contributed by atoms with van der Waals surface area (Å²) < 4.78 is 16.9. The molecule has 7 nitrogen and oxygen atoms in total. The molecule has 2 amide bonds. The highest BCUT2D eigenvalue weighted by Gasteiger charge is 2.25. The molecular weight excluding hydrogens is 432 g/mol. The van der Waals surface area contributed by atoms with Crippen LogP contribution in [-0.2, 0) is 4.79 Å². The second-order valence-corrected chi connectivity index (χ2v) is 7.80. The number of hydrogen-bond donors (Lipinski definition) is 0. The third-order valence-corrected chi connectivity index (χ3v) is 5.30. The first kappa shape index (κ1) is 23.7. The van der Waals surface area contributed by atoms with E-state index in [2.05, 4.69) is 0 Å². The fourth-order valence-corrected chi connectivity index (χ4v) is 3.48. The number of carbonyl (C=O) groups is 2. The lowest BCUT2D eigenvalue weighted by Gasteiger charge is -2.34. The van der Waals surface area contributed by atoms with E-state index in [-0.39, 0.29) is 18.4 Å². The molecule has 0 saturated carbocycles. The van der Waals surface area contributed by atoms with Crippen molar-refractivity contribution in [3.05, 3.63) is 53.1 Å². The molecule has 0 atom stereocenters. The van der Waals surface area contributed by atoms with Gasteiger partial charge < -0.3 is 24.0 Å². The van der Waals surface area contributed by atoms with Gasteiger partial charge in [-0.15, -0.1) is 0 Å². The smallest absolute Gasteiger partial charge is 0.260 e. The van der Waals surface area contributed by atoms with Crippen LogP contribution in [0.4, 0.5) is 0 Å². The fourth-order valence-electron chi connectivity index (χ4n) is 3.35. The van der Waals surface area contributed by atoms with Crippen molar-refractivity contribution < 1.29 is 23.8 Å². The van der Waals surface area contributed by atoms with E-state index in [1.165, 1.54) is 0 Å². The van der Waals surface area contributed by atoms with E-state index < -0.39 is 0 Å². The first-order chi connectivity index (χ1) is 15.5. The number of carbonyl (C=O) groups excluding carboxylic acids is 2. The van der Waals surface area contributed by atoms with E-state index in [9.17, 15) is 9.59 Å². The first-order valence-electron chi connectivity index (χ1n) is 10.9. The van der Waals surface area contributed by atoms with Crippen molar-refractivity contribution in [2.45, 2.75) is 20.3 Å². The molecular formula is C24H29ClN2O5. The van der Waals surface area contributed by atoms with Gasteiger partial charge in [0.25, 0.3) is 11.8 Å². The van der Waals surface area contributed by atoms with Crippen LogP contribution >= 0.6 is 11.6 Å². The number of amides is 2. The predicted octanol–water partition coefficient (Wildman–Crippen LogP) is 3.89. The summed E-state index contributed by atoms with van der Waals surface area (Å²) in [6.45, 7) is 6.80. The number of ether oxygens (including phenoxy) is 3. The molecule has 0 bridgehead atoms. The quantitative estimate of drug-likeness (QED) is 0.568. The van der Waals surface area contributed by atoms with Gasteiger partial charge >= 0.3 is 0 Å². The van der Waals surface area contributed by atoms with Gasteiger partial charge in [0.2, 0.25) is 0 Å². The maximum Gasteiger partial charge on any atom is 0.260 e. The van der Waals surface area contributed by atoms with Crippen LogP contribution in [0.2, 0.25) is 5.02 Å². The molecule has 1 fully saturated rings. The fraction of sp³-hybridized carbons (Fsp3) is 0.417. The lowest BCUT2D eigenvalue weighted by Crippen LogP contribution is -2.51. The van der Waals surface area contributed by atoms with Crippen molar-refractivity contribution in [1.82, 2.24) is 9.80 Å². The summed E-state index contributed by atoms with van der Waals surface area (Å²) in [5.74, 6) is 1.61. The maximum atomic E-state index is 13.0. The van der Waals surface area contributed by atoms with Crippen LogP contribution < -0.4 is 14.2 Å². The summed E-state index contributed by atoms with van der Waals surface area (Å²) in [5.41, 5.74) is 0.545. The highest BCUT2D eigenvalue weighted by Crippen LogP contribution is 2.29. The normalized spacial score (nSPS) is 13.6. The predicted molar refractivity (Wildman–Crippen MR) is 123 cm³/mol. The number of hydrogen-bond acceptors (Lipinski definition) is 5. The molecule has 1 heterocycles. The van der Waals surface area contributed by atoms with Crippen molar-refractivity contribution in [2.75, 3.05) is 46.0 Å². The van der Waals surface area contributed by atoms with Gasteiger partial charge in [0.15, 0.2) is 18.1 Å². The first-order valence-corrected chi connectivity index (χ1v) is 11.2. The van der Waals surface area contributed by atoms with Crippen molar-refractivity contribution >= 4 is 23.4 Å². The zero-order chi connectivity index (χ0) is 22.9. The minimum atomic E-state index is -0.108. The molecule has 1 saturated heterocycles. The molecule has 0 N–H and O–H groups in total. The van der Waals surface area contributed by atoms with E-state index in [1.807, 2.05) is 13.8 Å². The highest BCUT2D eigenvalue weighted by molar-refractivity contribution is 6.30. The molecule has 32 heavy (non-hydrogen) atoms. The lowest BCUT2D eigenvalue weighted by molar-refractivity contribution is -0.134. The Balaban J connectivity index is 1.53. The van der Waals surface area contributed by atoms with Crippen LogP contribution in [0.3, 0.4) is 0 Å². The van der Waals surface area contributed by atoms with Crippen LogP contribution in [0.15, 0.2) is 42.5 Å². The molecule has 2 aromatic rings. The molecule has 1 aliphatic rings. The van der Waals surface area contributed by atoms with E-state index >= 15 is 0 Å². The Labute approximate surface area is 193 Å². The highest BCUT2D eigenvalue weighted by atomic mass is 35.5. The Morgan fingerprint density at radius 2 is 1.56 bits per heavy atom. The second-order valence-electron chi connectivity index (χ2n) is 7.36. The van der Waals surface area contributed by atoms with Gasteiger partial charge in [-0.3, -0.25) is 9.59 Å². The number of rotatable bonds is 9. The molecule has 0 aromatic heterocycles. The molecule has 0 spiro atoms. The zero-order valence-electron chi connectivity index (χ0n) is 18.5. The van der Waals surface area contributed by atoms with E-state index in [0.717, 1.165) is 6.42 Å². The van der Waals surface area contributed by atoms with Crippen LogP contribution in [0.1, 0.15) is 30.6 Å².